The topological polar surface area (TPSA) is 47.7 Å². The van der Waals surface area contributed by atoms with E-state index in [1.165, 1.54) is 23.8 Å². The standard InChI is InChI=1S/C18H18FN5S/c1-23-9-12-6-13(7-14(19)18(12)22-23)24-10-17-15(21-24)8-16(25-17)11-2-4-20-5-3-11/h6-11,20H,2-5H2,1H3. The molecule has 3 aromatic heterocycles. The molecule has 4 heterocycles. The molecule has 5 rings (SSSR count). The summed E-state index contributed by atoms with van der Waals surface area (Å²) in [5.41, 5.74) is 2.11. The van der Waals surface area contributed by atoms with E-state index in [9.17, 15) is 4.39 Å². The number of benzene rings is 1. The molecule has 0 saturated carbocycles. The van der Waals surface area contributed by atoms with E-state index < -0.39 is 0 Å². The molecule has 0 radical (unpaired) electrons. The van der Waals surface area contributed by atoms with Gasteiger partial charge < -0.3 is 5.32 Å². The summed E-state index contributed by atoms with van der Waals surface area (Å²) < 4.78 is 18.9. The molecule has 1 saturated heterocycles. The van der Waals surface area contributed by atoms with E-state index in [1.54, 1.807) is 16.4 Å². The van der Waals surface area contributed by atoms with Crippen LogP contribution in [-0.4, -0.2) is 32.7 Å². The number of nitrogens with one attached hydrogen (secondary N) is 1. The zero-order valence-electron chi connectivity index (χ0n) is 13.9. The third-order valence-corrected chi connectivity index (χ3v) is 6.10. The number of aryl methyl sites for hydroxylation is 1. The van der Waals surface area contributed by atoms with Gasteiger partial charge in [0.25, 0.3) is 0 Å². The van der Waals surface area contributed by atoms with Crippen LogP contribution in [0.1, 0.15) is 23.6 Å². The fraction of sp³-hybridized carbons (Fsp3) is 0.333. The maximum atomic E-state index is 14.3. The molecule has 7 heteroatoms. The molecule has 1 aliphatic heterocycles. The van der Waals surface area contributed by atoms with Crippen molar-refractivity contribution in [3.05, 3.63) is 41.3 Å². The highest BCUT2D eigenvalue weighted by Crippen LogP contribution is 2.35. The van der Waals surface area contributed by atoms with Gasteiger partial charge in [-0.25, -0.2) is 9.07 Å². The van der Waals surface area contributed by atoms with Crippen LogP contribution in [0.3, 0.4) is 0 Å². The van der Waals surface area contributed by atoms with Crippen LogP contribution in [0, 0.1) is 5.82 Å². The first-order chi connectivity index (χ1) is 12.2. The number of piperidine rings is 1. The Balaban J connectivity index is 1.53. The number of aromatic nitrogens is 4. The number of nitrogens with zero attached hydrogens (tertiary/aromatic N) is 4. The summed E-state index contributed by atoms with van der Waals surface area (Å²) in [6.45, 7) is 2.18. The van der Waals surface area contributed by atoms with Crippen molar-refractivity contribution in [1.29, 1.82) is 0 Å². The van der Waals surface area contributed by atoms with Crippen molar-refractivity contribution >= 4 is 32.5 Å². The Morgan fingerprint density at radius 3 is 2.80 bits per heavy atom. The summed E-state index contributed by atoms with van der Waals surface area (Å²) in [4.78, 5) is 1.42. The van der Waals surface area contributed by atoms with Crippen LogP contribution < -0.4 is 5.32 Å². The molecule has 0 amide bonds. The number of hydrogen-bond donors (Lipinski definition) is 1. The fourth-order valence-corrected chi connectivity index (χ4v) is 4.79. The summed E-state index contributed by atoms with van der Waals surface area (Å²) in [6.07, 6.45) is 6.20. The van der Waals surface area contributed by atoms with Gasteiger partial charge in [-0.3, -0.25) is 4.68 Å². The molecule has 1 aliphatic rings. The number of hydrogen-bond acceptors (Lipinski definition) is 4. The lowest BCUT2D eigenvalue weighted by Crippen LogP contribution is -2.26. The van der Waals surface area contributed by atoms with Crippen molar-refractivity contribution in [2.75, 3.05) is 13.1 Å². The number of thiophene rings is 1. The Kier molecular flexibility index (Phi) is 3.39. The third-order valence-electron chi connectivity index (χ3n) is 4.88. The van der Waals surface area contributed by atoms with Crippen LogP contribution in [0.4, 0.5) is 4.39 Å². The van der Waals surface area contributed by atoms with Gasteiger partial charge in [-0.05, 0) is 44.0 Å². The van der Waals surface area contributed by atoms with E-state index >= 15 is 0 Å². The predicted molar refractivity (Wildman–Crippen MR) is 98.0 cm³/mol. The van der Waals surface area contributed by atoms with Crippen LogP contribution >= 0.6 is 11.3 Å². The zero-order chi connectivity index (χ0) is 17.0. The van der Waals surface area contributed by atoms with Gasteiger partial charge in [0.2, 0.25) is 0 Å². The normalized spacial score (nSPS) is 16.2. The highest BCUT2D eigenvalue weighted by atomic mass is 32.1. The van der Waals surface area contributed by atoms with Gasteiger partial charge in [0.05, 0.1) is 10.4 Å². The molecule has 1 aromatic carbocycles. The lowest BCUT2D eigenvalue weighted by Gasteiger charge is -2.21. The van der Waals surface area contributed by atoms with Crippen LogP contribution in [0.25, 0.3) is 26.8 Å². The quantitative estimate of drug-likeness (QED) is 0.598. The largest absolute Gasteiger partial charge is 0.317 e. The highest BCUT2D eigenvalue weighted by Gasteiger charge is 2.19. The Morgan fingerprint density at radius 1 is 1.16 bits per heavy atom. The molecule has 128 valence electrons. The molecule has 0 unspecified atom stereocenters. The molecular weight excluding hydrogens is 337 g/mol. The lowest BCUT2D eigenvalue weighted by atomic mass is 9.96. The van der Waals surface area contributed by atoms with Crippen molar-refractivity contribution in [2.24, 2.45) is 7.05 Å². The summed E-state index contributed by atoms with van der Waals surface area (Å²) in [7, 11) is 1.80. The van der Waals surface area contributed by atoms with Gasteiger partial charge in [-0.15, -0.1) is 11.3 Å². The van der Waals surface area contributed by atoms with E-state index in [2.05, 4.69) is 21.6 Å². The molecule has 5 nitrogen and oxygen atoms in total. The van der Waals surface area contributed by atoms with E-state index in [1.807, 2.05) is 29.8 Å². The van der Waals surface area contributed by atoms with Crippen LogP contribution in [0.2, 0.25) is 0 Å². The molecule has 0 aliphatic carbocycles. The molecular formula is C18H18FN5S. The van der Waals surface area contributed by atoms with Gasteiger partial charge in [0.1, 0.15) is 11.0 Å². The summed E-state index contributed by atoms with van der Waals surface area (Å²) in [5.74, 6) is 0.320. The van der Waals surface area contributed by atoms with Crippen LogP contribution in [0.15, 0.2) is 30.6 Å². The van der Waals surface area contributed by atoms with Crippen molar-refractivity contribution < 1.29 is 4.39 Å². The monoisotopic (exact) mass is 355 g/mol. The Hall–Kier alpha value is -2.25. The highest BCUT2D eigenvalue weighted by molar-refractivity contribution is 7.19. The summed E-state index contributed by atoms with van der Waals surface area (Å²) >= 11 is 1.81. The Labute approximate surface area is 148 Å². The summed E-state index contributed by atoms with van der Waals surface area (Å²) in [5, 5.41) is 13.0. The van der Waals surface area contributed by atoms with Crippen molar-refractivity contribution in [3.8, 4) is 5.69 Å². The van der Waals surface area contributed by atoms with E-state index in [0.29, 0.717) is 11.4 Å². The predicted octanol–water partition coefficient (Wildman–Crippen LogP) is 3.58. The first kappa shape index (κ1) is 15.0. The lowest BCUT2D eigenvalue weighted by molar-refractivity contribution is 0.465. The SMILES string of the molecule is Cn1cc2cc(-n3cc4sc(C5CCNCC5)cc4n3)cc(F)c2n1. The minimum Gasteiger partial charge on any atom is -0.317 e. The van der Waals surface area contributed by atoms with Crippen LogP contribution in [-0.2, 0) is 7.05 Å². The molecule has 0 spiro atoms. The van der Waals surface area contributed by atoms with E-state index in [-0.39, 0.29) is 5.82 Å². The maximum absolute atomic E-state index is 14.3. The van der Waals surface area contributed by atoms with Gasteiger partial charge in [0, 0.05) is 35.8 Å². The molecule has 4 aromatic rings. The van der Waals surface area contributed by atoms with E-state index in [4.69, 9.17) is 0 Å². The number of rotatable bonds is 2. The average Bonchev–Trinajstić information content (AvgIpc) is 3.27. The van der Waals surface area contributed by atoms with Gasteiger partial charge >= 0.3 is 0 Å². The minimum atomic E-state index is -0.317. The van der Waals surface area contributed by atoms with Crippen molar-refractivity contribution in [2.45, 2.75) is 18.8 Å². The third kappa shape index (κ3) is 2.54. The second-order valence-corrected chi connectivity index (χ2v) is 7.78. The number of fused-ring (bicyclic) bond motifs is 2. The van der Waals surface area contributed by atoms with Gasteiger partial charge in [-0.1, -0.05) is 0 Å². The smallest absolute Gasteiger partial charge is 0.153 e. The maximum Gasteiger partial charge on any atom is 0.153 e. The van der Waals surface area contributed by atoms with E-state index in [0.717, 1.165) is 34.4 Å². The van der Waals surface area contributed by atoms with Crippen molar-refractivity contribution in [3.63, 3.8) is 0 Å². The minimum absolute atomic E-state index is 0.317. The Bertz CT molecular complexity index is 1040. The second kappa shape index (κ2) is 5.64. The van der Waals surface area contributed by atoms with Gasteiger partial charge in [-0.2, -0.15) is 10.2 Å². The molecule has 1 N–H and O–H groups in total. The van der Waals surface area contributed by atoms with Crippen molar-refractivity contribution in [1.82, 2.24) is 24.9 Å². The number of halogens is 1. The molecule has 1 fully saturated rings. The molecule has 0 atom stereocenters. The fourth-order valence-electron chi connectivity index (χ4n) is 3.61. The zero-order valence-corrected chi connectivity index (χ0v) is 14.7. The first-order valence-electron chi connectivity index (χ1n) is 8.50. The average molecular weight is 355 g/mol. The first-order valence-corrected chi connectivity index (χ1v) is 9.32. The Morgan fingerprint density at radius 2 is 2.00 bits per heavy atom. The molecule has 25 heavy (non-hydrogen) atoms. The van der Waals surface area contributed by atoms with Crippen LogP contribution in [0.5, 0.6) is 0 Å². The van der Waals surface area contributed by atoms with Gasteiger partial charge in [0.15, 0.2) is 5.82 Å². The molecule has 0 bridgehead atoms. The summed E-state index contributed by atoms with van der Waals surface area (Å²) in [6, 6.07) is 5.63. The second-order valence-electron chi connectivity index (χ2n) is 6.66.